The van der Waals surface area contributed by atoms with E-state index < -0.39 is 0 Å². The van der Waals surface area contributed by atoms with Crippen molar-refractivity contribution in [1.82, 2.24) is 5.32 Å². The summed E-state index contributed by atoms with van der Waals surface area (Å²) in [4.78, 5) is 0. The number of hydrogen-bond acceptors (Lipinski definition) is 2. The van der Waals surface area contributed by atoms with E-state index in [2.05, 4.69) is 62.5 Å². The Morgan fingerprint density at radius 2 is 1.67 bits per heavy atom. The highest BCUT2D eigenvalue weighted by Gasteiger charge is 2.10. The van der Waals surface area contributed by atoms with Gasteiger partial charge in [0.2, 0.25) is 0 Å². The molecule has 0 amide bonds. The first kappa shape index (κ1) is 15.6. The van der Waals surface area contributed by atoms with Crippen LogP contribution in [0, 0.1) is 13.8 Å². The highest BCUT2D eigenvalue weighted by molar-refractivity contribution is 5.37. The van der Waals surface area contributed by atoms with E-state index in [-0.39, 0.29) is 0 Å². The van der Waals surface area contributed by atoms with E-state index in [0.717, 1.165) is 18.7 Å². The molecule has 112 valence electrons. The average Bonchev–Trinajstić information content (AvgIpc) is 2.50. The van der Waals surface area contributed by atoms with Gasteiger partial charge in [0.15, 0.2) is 0 Å². The number of nitrogens with one attached hydrogen (secondary N) is 1. The summed E-state index contributed by atoms with van der Waals surface area (Å²) in [7, 11) is 1.73. The van der Waals surface area contributed by atoms with Crippen molar-refractivity contribution >= 4 is 0 Å². The lowest BCUT2D eigenvalue weighted by molar-refractivity contribution is 0.404. The molecule has 1 N–H and O–H groups in total. The zero-order chi connectivity index (χ0) is 15.2. The van der Waals surface area contributed by atoms with Gasteiger partial charge in [0.1, 0.15) is 5.75 Å². The maximum absolute atomic E-state index is 5.45. The van der Waals surface area contributed by atoms with Gasteiger partial charge in [-0.05, 0) is 31.9 Å². The lowest BCUT2D eigenvalue weighted by Crippen LogP contribution is -2.20. The van der Waals surface area contributed by atoms with Gasteiger partial charge in [-0.1, -0.05) is 54.4 Å². The highest BCUT2D eigenvalue weighted by Crippen LogP contribution is 2.22. The van der Waals surface area contributed by atoms with Crippen molar-refractivity contribution in [3.05, 3.63) is 64.7 Å². The molecule has 0 aliphatic carbocycles. The second-order valence-electron chi connectivity index (χ2n) is 5.57. The first-order valence-corrected chi connectivity index (χ1v) is 7.57. The van der Waals surface area contributed by atoms with E-state index in [0.29, 0.717) is 6.04 Å². The first-order chi connectivity index (χ1) is 10.1. The predicted octanol–water partition coefficient (Wildman–Crippen LogP) is 4.55. The molecule has 2 nitrogen and oxygen atoms in total. The molecule has 0 bridgehead atoms. The van der Waals surface area contributed by atoms with Gasteiger partial charge in [-0.3, -0.25) is 0 Å². The second-order valence-corrected chi connectivity index (χ2v) is 5.57. The molecule has 0 radical (unpaired) electrons. The Balaban J connectivity index is 2.10. The zero-order valence-corrected chi connectivity index (χ0v) is 13.4. The van der Waals surface area contributed by atoms with Crippen molar-refractivity contribution < 1.29 is 4.74 Å². The fourth-order valence-corrected chi connectivity index (χ4v) is 2.58. The monoisotopic (exact) mass is 283 g/mol. The summed E-state index contributed by atoms with van der Waals surface area (Å²) >= 11 is 0. The van der Waals surface area contributed by atoms with Gasteiger partial charge in [-0.2, -0.15) is 0 Å². The molecule has 0 saturated carbocycles. The molecule has 21 heavy (non-hydrogen) atoms. The van der Waals surface area contributed by atoms with Crippen molar-refractivity contribution in [3.63, 3.8) is 0 Å². The Morgan fingerprint density at radius 1 is 1.00 bits per heavy atom. The average molecular weight is 283 g/mol. The molecule has 0 saturated heterocycles. The summed E-state index contributed by atoms with van der Waals surface area (Å²) in [6.07, 6.45) is 1.07. The van der Waals surface area contributed by atoms with Crippen LogP contribution in [-0.4, -0.2) is 7.11 Å². The fraction of sp³-hybridized carbons (Fsp3) is 0.368. The molecule has 0 spiro atoms. The molecule has 1 atom stereocenters. The largest absolute Gasteiger partial charge is 0.496 e. The molecule has 0 aliphatic rings. The van der Waals surface area contributed by atoms with E-state index >= 15 is 0 Å². The second kappa shape index (κ2) is 7.28. The minimum Gasteiger partial charge on any atom is -0.496 e. The molecule has 0 fully saturated rings. The lowest BCUT2D eigenvalue weighted by atomic mass is 10.0. The van der Waals surface area contributed by atoms with Crippen LogP contribution in [-0.2, 0) is 6.54 Å². The Morgan fingerprint density at radius 3 is 2.29 bits per heavy atom. The van der Waals surface area contributed by atoms with E-state index in [4.69, 9.17) is 4.74 Å². The molecular weight excluding hydrogens is 258 g/mol. The molecule has 0 aromatic heterocycles. The lowest BCUT2D eigenvalue weighted by Gasteiger charge is -2.19. The van der Waals surface area contributed by atoms with Crippen molar-refractivity contribution in [3.8, 4) is 5.75 Å². The van der Waals surface area contributed by atoms with Gasteiger partial charge < -0.3 is 10.1 Å². The third-order valence-corrected chi connectivity index (χ3v) is 3.86. The van der Waals surface area contributed by atoms with E-state index in [1.165, 1.54) is 22.3 Å². The Hall–Kier alpha value is -1.80. The van der Waals surface area contributed by atoms with Crippen LogP contribution < -0.4 is 10.1 Å². The van der Waals surface area contributed by atoms with Gasteiger partial charge in [0.05, 0.1) is 7.11 Å². The third kappa shape index (κ3) is 4.08. The zero-order valence-electron chi connectivity index (χ0n) is 13.4. The SMILES string of the molecule is CCC(NCc1cc(C)ccc1OC)c1ccc(C)cc1. The summed E-state index contributed by atoms with van der Waals surface area (Å²) in [5, 5.41) is 3.64. The fourth-order valence-electron chi connectivity index (χ4n) is 2.58. The van der Waals surface area contributed by atoms with Crippen LogP contribution >= 0.6 is 0 Å². The van der Waals surface area contributed by atoms with Crippen LogP contribution in [0.1, 0.15) is 41.6 Å². The quantitative estimate of drug-likeness (QED) is 0.839. The van der Waals surface area contributed by atoms with Gasteiger partial charge in [0, 0.05) is 18.2 Å². The third-order valence-electron chi connectivity index (χ3n) is 3.86. The molecule has 1 unspecified atom stereocenters. The summed E-state index contributed by atoms with van der Waals surface area (Å²) in [5.41, 5.74) is 5.11. The van der Waals surface area contributed by atoms with Crippen molar-refractivity contribution in [2.24, 2.45) is 0 Å². The number of ether oxygens (including phenoxy) is 1. The number of methoxy groups -OCH3 is 1. The standard InChI is InChI=1S/C19H25NO/c1-5-18(16-9-6-14(2)7-10-16)20-13-17-12-15(3)8-11-19(17)21-4/h6-12,18,20H,5,13H2,1-4H3. The molecular formula is C19H25NO. The van der Waals surface area contributed by atoms with E-state index in [1.807, 2.05) is 6.07 Å². The number of aryl methyl sites for hydroxylation is 2. The van der Waals surface area contributed by atoms with Gasteiger partial charge >= 0.3 is 0 Å². The molecule has 2 heteroatoms. The van der Waals surface area contributed by atoms with Gasteiger partial charge in [-0.25, -0.2) is 0 Å². The van der Waals surface area contributed by atoms with Crippen molar-refractivity contribution in [1.29, 1.82) is 0 Å². The van der Waals surface area contributed by atoms with Crippen LogP contribution in [0.5, 0.6) is 5.75 Å². The van der Waals surface area contributed by atoms with Crippen LogP contribution in [0.3, 0.4) is 0 Å². The normalized spacial score (nSPS) is 12.2. The van der Waals surface area contributed by atoms with Gasteiger partial charge in [-0.15, -0.1) is 0 Å². The maximum atomic E-state index is 5.45. The van der Waals surface area contributed by atoms with E-state index in [9.17, 15) is 0 Å². The summed E-state index contributed by atoms with van der Waals surface area (Å²) in [5.74, 6) is 0.951. The number of hydrogen-bond donors (Lipinski definition) is 1. The highest BCUT2D eigenvalue weighted by atomic mass is 16.5. The maximum Gasteiger partial charge on any atom is 0.123 e. The first-order valence-electron chi connectivity index (χ1n) is 7.57. The predicted molar refractivity (Wildman–Crippen MR) is 88.8 cm³/mol. The Kier molecular flexibility index (Phi) is 5.40. The number of benzene rings is 2. The molecule has 0 aliphatic heterocycles. The van der Waals surface area contributed by atoms with Crippen molar-refractivity contribution in [2.75, 3.05) is 7.11 Å². The molecule has 2 aromatic rings. The smallest absolute Gasteiger partial charge is 0.123 e. The van der Waals surface area contributed by atoms with Gasteiger partial charge in [0.25, 0.3) is 0 Å². The summed E-state index contributed by atoms with van der Waals surface area (Å²) in [6.45, 7) is 7.26. The Labute approximate surface area is 128 Å². The van der Waals surface area contributed by atoms with Crippen LogP contribution in [0.4, 0.5) is 0 Å². The minimum absolute atomic E-state index is 0.371. The summed E-state index contributed by atoms with van der Waals surface area (Å²) in [6, 6.07) is 15.5. The minimum atomic E-state index is 0.371. The molecule has 0 heterocycles. The van der Waals surface area contributed by atoms with Crippen LogP contribution in [0.15, 0.2) is 42.5 Å². The molecule has 2 rings (SSSR count). The van der Waals surface area contributed by atoms with Crippen LogP contribution in [0.25, 0.3) is 0 Å². The summed E-state index contributed by atoms with van der Waals surface area (Å²) < 4.78 is 5.45. The van der Waals surface area contributed by atoms with E-state index in [1.54, 1.807) is 7.11 Å². The molecule has 2 aromatic carbocycles. The topological polar surface area (TPSA) is 21.3 Å². The Bertz CT molecular complexity index is 575. The van der Waals surface area contributed by atoms with Crippen molar-refractivity contribution in [2.45, 2.75) is 39.8 Å². The van der Waals surface area contributed by atoms with Crippen LogP contribution in [0.2, 0.25) is 0 Å². The number of rotatable bonds is 6.